The van der Waals surface area contributed by atoms with E-state index in [1.165, 1.54) is 12.1 Å². The molecule has 4 nitrogen and oxygen atoms in total. The van der Waals surface area contributed by atoms with E-state index >= 15 is 0 Å². The van der Waals surface area contributed by atoms with Gasteiger partial charge < -0.3 is 5.11 Å². The van der Waals surface area contributed by atoms with Gasteiger partial charge in [-0.2, -0.15) is 5.10 Å². The number of benzene rings is 1. The summed E-state index contributed by atoms with van der Waals surface area (Å²) in [7, 11) is 0. The van der Waals surface area contributed by atoms with E-state index in [-0.39, 0.29) is 11.7 Å². The van der Waals surface area contributed by atoms with Crippen LogP contribution in [0.5, 0.6) is 5.75 Å². The smallest absolute Gasteiger partial charge is 0.271 e. The van der Waals surface area contributed by atoms with E-state index in [2.05, 4.69) is 17.5 Å². The highest BCUT2D eigenvalue weighted by atomic mass is 16.3. The van der Waals surface area contributed by atoms with Crippen molar-refractivity contribution in [2.45, 2.75) is 33.1 Å². The zero-order chi connectivity index (χ0) is 12.7. The van der Waals surface area contributed by atoms with Gasteiger partial charge in [0.1, 0.15) is 5.75 Å². The van der Waals surface area contributed by atoms with Crippen molar-refractivity contribution in [2.24, 2.45) is 5.10 Å². The molecule has 1 amide bonds. The molecule has 0 aliphatic carbocycles. The first kappa shape index (κ1) is 13.2. The lowest BCUT2D eigenvalue weighted by molar-refractivity contribution is 0.0954. The van der Waals surface area contributed by atoms with Crippen molar-refractivity contribution in [2.75, 3.05) is 0 Å². The summed E-state index contributed by atoms with van der Waals surface area (Å²) in [5, 5.41) is 13.1. The Bertz CT molecular complexity index is 396. The minimum atomic E-state index is -0.263. The van der Waals surface area contributed by atoms with E-state index in [1.807, 2.05) is 6.92 Å². The van der Waals surface area contributed by atoms with Crippen LogP contribution in [0, 0.1) is 0 Å². The summed E-state index contributed by atoms with van der Waals surface area (Å²) in [6, 6.07) is 6.06. The third-order valence-electron chi connectivity index (χ3n) is 2.37. The van der Waals surface area contributed by atoms with Gasteiger partial charge in [0, 0.05) is 11.3 Å². The van der Waals surface area contributed by atoms with E-state index in [0.717, 1.165) is 25.0 Å². The van der Waals surface area contributed by atoms with E-state index in [1.54, 1.807) is 12.1 Å². The van der Waals surface area contributed by atoms with Crippen LogP contribution in [0.25, 0.3) is 0 Å². The zero-order valence-corrected chi connectivity index (χ0v) is 10.2. The Labute approximate surface area is 101 Å². The highest BCUT2D eigenvalue weighted by Crippen LogP contribution is 2.09. The average molecular weight is 234 g/mol. The highest BCUT2D eigenvalue weighted by molar-refractivity contribution is 5.95. The minimum Gasteiger partial charge on any atom is -0.508 e. The van der Waals surface area contributed by atoms with Crippen LogP contribution in [0.4, 0.5) is 0 Å². The molecule has 0 atom stereocenters. The fourth-order valence-corrected chi connectivity index (χ4v) is 1.31. The van der Waals surface area contributed by atoms with E-state index in [0.29, 0.717) is 5.56 Å². The van der Waals surface area contributed by atoms with Crippen LogP contribution in [0.1, 0.15) is 43.5 Å². The van der Waals surface area contributed by atoms with Gasteiger partial charge in [-0.15, -0.1) is 0 Å². The molecule has 0 aliphatic heterocycles. The minimum absolute atomic E-state index is 0.143. The predicted molar refractivity (Wildman–Crippen MR) is 68.2 cm³/mol. The Hall–Kier alpha value is -1.84. The molecule has 92 valence electrons. The summed E-state index contributed by atoms with van der Waals surface area (Å²) in [6.45, 7) is 4.01. The first-order chi connectivity index (χ1) is 8.13. The van der Waals surface area contributed by atoms with Crippen molar-refractivity contribution in [3.63, 3.8) is 0 Å². The van der Waals surface area contributed by atoms with E-state index < -0.39 is 0 Å². The summed E-state index contributed by atoms with van der Waals surface area (Å²) in [4.78, 5) is 11.6. The van der Waals surface area contributed by atoms with Gasteiger partial charge in [0.15, 0.2) is 0 Å². The van der Waals surface area contributed by atoms with Gasteiger partial charge in [-0.1, -0.05) is 13.3 Å². The van der Waals surface area contributed by atoms with Crippen LogP contribution in [0.3, 0.4) is 0 Å². The van der Waals surface area contributed by atoms with Gasteiger partial charge in [-0.25, -0.2) is 5.43 Å². The molecule has 0 saturated carbocycles. The second-order valence-electron chi connectivity index (χ2n) is 3.94. The van der Waals surface area contributed by atoms with Crippen molar-refractivity contribution in [1.82, 2.24) is 5.43 Å². The van der Waals surface area contributed by atoms with Gasteiger partial charge in [0.2, 0.25) is 0 Å². The third kappa shape index (κ3) is 4.68. The summed E-state index contributed by atoms with van der Waals surface area (Å²) in [5.41, 5.74) is 3.89. The number of unbranched alkanes of at least 4 members (excludes halogenated alkanes) is 1. The summed E-state index contributed by atoms with van der Waals surface area (Å²) >= 11 is 0. The van der Waals surface area contributed by atoms with E-state index in [9.17, 15) is 4.79 Å². The van der Waals surface area contributed by atoms with Crippen molar-refractivity contribution >= 4 is 11.6 Å². The molecule has 0 spiro atoms. The molecule has 2 N–H and O–H groups in total. The lowest BCUT2D eigenvalue weighted by atomic mass is 10.2. The van der Waals surface area contributed by atoms with Gasteiger partial charge in [-0.3, -0.25) is 4.79 Å². The van der Waals surface area contributed by atoms with Gasteiger partial charge in [-0.05, 0) is 44.0 Å². The summed E-state index contributed by atoms with van der Waals surface area (Å²) < 4.78 is 0. The third-order valence-corrected chi connectivity index (χ3v) is 2.37. The van der Waals surface area contributed by atoms with Gasteiger partial charge in [0.05, 0.1) is 0 Å². The van der Waals surface area contributed by atoms with Crippen LogP contribution < -0.4 is 5.43 Å². The highest BCUT2D eigenvalue weighted by Gasteiger charge is 2.03. The average Bonchev–Trinajstić information content (AvgIpc) is 2.34. The maximum absolute atomic E-state index is 11.6. The number of phenols is 1. The molecule has 0 fully saturated rings. The molecule has 0 aromatic heterocycles. The molecule has 0 saturated heterocycles. The number of phenolic OH excluding ortho intramolecular Hbond substituents is 1. The van der Waals surface area contributed by atoms with E-state index in [4.69, 9.17) is 5.11 Å². The molecule has 0 unspecified atom stereocenters. The fraction of sp³-hybridized carbons (Fsp3) is 0.385. The Kier molecular flexibility index (Phi) is 5.20. The Morgan fingerprint density at radius 3 is 2.59 bits per heavy atom. The Morgan fingerprint density at radius 1 is 1.35 bits per heavy atom. The molecule has 1 rings (SSSR count). The first-order valence-electron chi connectivity index (χ1n) is 5.76. The topological polar surface area (TPSA) is 61.7 Å². The van der Waals surface area contributed by atoms with Crippen LogP contribution in [0.2, 0.25) is 0 Å². The van der Waals surface area contributed by atoms with Crippen LogP contribution >= 0.6 is 0 Å². The largest absolute Gasteiger partial charge is 0.508 e. The van der Waals surface area contributed by atoms with Crippen LogP contribution in [-0.2, 0) is 0 Å². The normalized spacial score (nSPS) is 11.3. The number of hydrogen-bond acceptors (Lipinski definition) is 3. The number of nitrogens with zero attached hydrogens (tertiary/aromatic N) is 1. The second kappa shape index (κ2) is 6.68. The molecule has 1 aromatic rings. The molecule has 1 aromatic carbocycles. The van der Waals surface area contributed by atoms with Crippen molar-refractivity contribution in [3.8, 4) is 5.75 Å². The van der Waals surface area contributed by atoms with Crippen molar-refractivity contribution in [1.29, 1.82) is 0 Å². The number of amides is 1. The Balaban J connectivity index is 2.52. The quantitative estimate of drug-likeness (QED) is 0.607. The lowest BCUT2D eigenvalue weighted by Crippen LogP contribution is -2.18. The fourth-order valence-electron chi connectivity index (χ4n) is 1.31. The standard InChI is InChI=1S/C13H18N2O2/c1-3-4-5-10(2)14-15-13(17)11-6-8-12(16)9-7-11/h6-9,16H,3-5H2,1-2H3,(H,15,17)/b14-10-. The summed E-state index contributed by atoms with van der Waals surface area (Å²) in [6.07, 6.45) is 3.08. The number of nitrogens with one attached hydrogen (secondary N) is 1. The molecule has 0 heterocycles. The summed E-state index contributed by atoms with van der Waals surface area (Å²) in [5.74, 6) is -0.120. The molecule has 4 heteroatoms. The number of hydrogen-bond donors (Lipinski definition) is 2. The predicted octanol–water partition coefficient (Wildman–Crippen LogP) is 2.69. The van der Waals surface area contributed by atoms with Gasteiger partial charge >= 0.3 is 0 Å². The SMILES string of the molecule is CCCC/C(C)=N\NC(=O)c1ccc(O)cc1. The maximum atomic E-state index is 11.6. The monoisotopic (exact) mass is 234 g/mol. The number of rotatable bonds is 5. The molecular formula is C13H18N2O2. The Morgan fingerprint density at radius 2 is 2.00 bits per heavy atom. The van der Waals surface area contributed by atoms with Crippen LogP contribution in [-0.4, -0.2) is 16.7 Å². The number of hydrazone groups is 1. The first-order valence-corrected chi connectivity index (χ1v) is 5.76. The van der Waals surface area contributed by atoms with Crippen LogP contribution in [0.15, 0.2) is 29.4 Å². The second-order valence-corrected chi connectivity index (χ2v) is 3.94. The molecule has 0 bridgehead atoms. The molecular weight excluding hydrogens is 216 g/mol. The zero-order valence-electron chi connectivity index (χ0n) is 10.2. The molecule has 17 heavy (non-hydrogen) atoms. The number of carbonyl (C=O) groups excluding carboxylic acids is 1. The van der Waals surface area contributed by atoms with Crippen molar-refractivity contribution in [3.05, 3.63) is 29.8 Å². The number of carbonyl (C=O) groups is 1. The molecule has 0 aliphatic rings. The van der Waals surface area contributed by atoms with Crippen molar-refractivity contribution < 1.29 is 9.90 Å². The number of aromatic hydroxyl groups is 1. The van der Waals surface area contributed by atoms with Gasteiger partial charge in [0.25, 0.3) is 5.91 Å². The maximum Gasteiger partial charge on any atom is 0.271 e. The lowest BCUT2D eigenvalue weighted by Gasteiger charge is -2.02. The molecule has 0 radical (unpaired) electrons.